The van der Waals surface area contributed by atoms with E-state index in [0.29, 0.717) is 11.0 Å². The molecule has 0 amide bonds. The van der Waals surface area contributed by atoms with Crippen LogP contribution in [0.1, 0.15) is 13.8 Å². The predicted octanol–water partition coefficient (Wildman–Crippen LogP) is 4.18. The summed E-state index contributed by atoms with van der Waals surface area (Å²) in [4.78, 5) is 8.71. The molecule has 0 unspecified atom stereocenters. The highest BCUT2D eigenvalue weighted by atomic mass is 35.5. The molecule has 19 heavy (non-hydrogen) atoms. The molecule has 0 atom stereocenters. The molecule has 0 saturated carbocycles. The first kappa shape index (κ1) is 13.6. The van der Waals surface area contributed by atoms with E-state index < -0.39 is 0 Å². The van der Waals surface area contributed by atoms with Gasteiger partial charge in [0.1, 0.15) is 11.0 Å². The Bertz CT molecular complexity index is 575. The van der Waals surface area contributed by atoms with Crippen LogP contribution in [0.15, 0.2) is 48.0 Å². The van der Waals surface area contributed by atoms with Gasteiger partial charge in [-0.15, -0.1) is 0 Å². The standard InChI is InChI=1S/C15H16ClN3/c1-11(2)8-9-17-14-10-13(16)18-15(19-14)12-6-4-3-5-7-12/h3-8,10H,9H2,1-2H3,(H,17,18,19). The number of anilines is 1. The third-order valence-electron chi connectivity index (χ3n) is 2.52. The van der Waals surface area contributed by atoms with Crippen molar-refractivity contribution in [3.05, 3.63) is 53.2 Å². The maximum Gasteiger partial charge on any atom is 0.163 e. The van der Waals surface area contributed by atoms with Crippen molar-refractivity contribution in [2.24, 2.45) is 0 Å². The molecule has 0 radical (unpaired) electrons. The smallest absolute Gasteiger partial charge is 0.163 e. The van der Waals surface area contributed by atoms with Crippen molar-refractivity contribution in [3.8, 4) is 11.4 Å². The number of benzene rings is 1. The van der Waals surface area contributed by atoms with Gasteiger partial charge in [-0.1, -0.05) is 53.6 Å². The van der Waals surface area contributed by atoms with Crippen molar-refractivity contribution in [2.75, 3.05) is 11.9 Å². The van der Waals surface area contributed by atoms with E-state index in [2.05, 4.69) is 35.2 Å². The Kier molecular flexibility index (Phi) is 4.53. The highest BCUT2D eigenvalue weighted by Gasteiger charge is 2.04. The molecule has 3 nitrogen and oxygen atoms in total. The Balaban J connectivity index is 2.23. The SMILES string of the molecule is CC(C)=CCNc1cc(Cl)nc(-c2ccccc2)n1. The van der Waals surface area contributed by atoms with E-state index in [1.54, 1.807) is 6.07 Å². The summed E-state index contributed by atoms with van der Waals surface area (Å²) >= 11 is 6.03. The second kappa shape index (κ2) is 6.34. The fourth-order valence-corrected chi connectivity index (χ4v) is 1.77. The second-order valence-electron chi connectivity index (χ2n) is 4.43. The zero-order valence-electron chi connectivity index (χ0n) is 11.0. The molecule has 0 spiro atoms. The minimum absolute atomic E-state index is 0.438. The largest absolute Gasteiger partial charge is 0.366 e. The summed E-state index contributed by atoms with van der Waals surface area (Å²) in [6, 6.07) is 11.5. The second-order valence-corrected chi connectivity index (χ2v) is 4.82. The maximum atomic E-state index is 6.03. The van der Waals surface area contributed by atoms with Crippen LogP contribution in [0.5, 0.6) is 0 Å². The first-order valence-corrected chi connectivity index (χ1v) is 6.50. The Morgan fingerprint density at radius 3 is 2.63 bits per heavy atom. The lowest BCUT2D eigenvalue weighted by Gasteiger charge is -2.06. The lowest BCUT2D eigenvalue weighted by molar-refractivity contribution is 1.14. The van der Waals surface area contributed by atoms with Crippen molar-refractivity contribution in [1.82, 2.24) is 9.97 Å². The summed E-state index contributed by atoms with van der Waals surface area (Å²) < 4.78 is 0. The van der Waals surface area contributed by atoms with Gasteiger partial charge in [0.15, 0.2) is 5.82 Å². The fourth-order valence-electron chi connectivity index (χ4n) is 1.58. The van der Waals surface area contributed by atoms with Crippen molar-refractivity contribution in [3.63, 3.8) is 0 Å². The third-order valence-corrected chi connectivity index (χ3v) is 2.71. The van der Waals surface area contributed by atoms with E-state index in [1.807, 2.05) is 30.3 Å². The van der Waals surface area contributed by atoms with Crippen LogP contribution >= 0.6 is 11.6 Å². The van der Waals surface area contributed by atoms with Gasteiger partial charge < -0.3 is 5.32 Å². The highest BCUT2D eigenvalue weighted by Crippen LogP contribution is 2.19. The number of nitrogens with zero attached hydrogens (tertiary/aromatic N) is 2. The van der Waals surface area contributed by atoms with Crippen LogP contribution in [0.25, 0.3) is 11.4 Å². The maximum absolute atomic E-state index is 6.03. The van der Waals surface area contributed by atoms with E-state index in [9.17, 15) is 0 Å². The van der Waals surface area contributed by atoms with Crippen molar-refractivity contribution in [2.45, 2.75) is 13.8 Å². The quantitative estimate of drug-likeness (QED) is 0.671. The number of allylic oxidation sites excluding steroid dienone is 1. The van der Waals surface area contributed by atoms with E-state index >= 15 is 0 Å². The summed E-state index contributed by atoms with van der Waals surface area (Å²) in [7, 11) is 0. The van der Waals surface area contributed by atoms with E-state index in [-0.39, 0.29) is 0 Å². The highest BCUT2D eigenvalue weighted by molar-refractivity contribution is 6.29. The molecule has 0 saturated heterocycles. The van der Waals surface area contributed by atoms with Crippen molar-refractivity contribution in [1.29, 1.82) is 0 Å². The van der Waals surface area contributed by atoms with E-state index in [0.717, 1.165) is 17.9 Å². The van der Waals surface area contributed by atoms with Crippen molar-refractivity contribution >= 4 is 17.4 Å². The van der Waals surface area contributed by atoms with Crippen molar-refractivity contribution < 1.29 is 0 Å². The van der Waals surface area contributed by atoms with Gasteiger partial charge in [0.05, 0.1) is 0 Å². The minimum atomic E-state index is 0.438. The summed E-state index contributed by atoms with van der Waals surface area (Å²) in [5.74, 6) is 1.36. The first-order valence-electron chi connectivity index (χ1n) is 6.12. The molecule has 1 aromatic carbocycles. The lowest BCUT2D eigenvalue weighted by atomic mass is 10.2. The van der Waals surface area contributed by atoms with E-state index in [1.165, 1.54) is 5.57 Å². The zero-order chi connectivity index (χ0) is 13.7. The number of aromatic nitrogens is 2. The molecular weight excluding hydrogens is 258 g/mol. The van der Waals surface area contributed by atoms with Gasteiger partial charge in [-0.3, -0.25) is 0 Å². The molecule has 98 valence electrons. The molecule has 1 aromatic heterocycles. The van der Waals surface area contributed by atoms with Gasteiger partial charge in [-0.2, -0.15) is 0 Å². The number of rotatable bonds is 4. The molecule has 0 fully saturated rings. The Labute approximate surface area is 118 Å². The minimum Gasteiger partial charge on any atom is -0.366 e. The topological polar surface area (TPSA) is 37.8 Å². The Morgan fingerprint density at radius 1 is 1.21 bits per heavy atom. The van der Waals surface area contributed by atoms with Gasteiger partial charge >= 0.3 is 0 Å². The third kappa shape index (κ3) is 4.07. The summed E-state index contributed by atoms with van der Waals surface area (Å²) in [6.45, 7) is 4.85. The number of hydrogen-bond acceptors (Lipinski definition) is 3. The fraction of sp³-hybridized carbons (Fsp3) is 0.200. The molecule has 0 aliphatic carbocycles. The molecule has 2 rings (SSSR count). The summed E-state index contributed by atoms with van der Waals surface area (Å²) in [5.41, 5.74) is 2.21. The molecule has 1 heterocycles. The van der Waals surface area contributed by atoms with Crippen LogP contribution in [-0.2, 0) is 0 Å². The predicted molar refractivity (Wildman–Crippen MR) is 80.4 cm³/mol. The van der Waals surface area contributed by atoms with Gasteiger partial charge in [0, 0.05) is 18.2 Å². The number of nitrogens with one attached hydrogen (secondary N) is 1. The van der Waals surface area contributed by atoms with E-state index in [4.69, 9.17) is 11.6 Å². The molecule has 0 aliphatic rings. The molecular formula is C15H16ClN3. The van der Waals surface area contributed by atoms with Crippen LogP contribution in [0.3, 0.4) is 0 Å². The van der Waals surface area contributed by atoms with Crippen LogP contribution in [0.4, 0.5) is 5.82 Å². The number of halogens is 1. The van der Waals surface area contributed by atoms with Gasteiger partial charge in [0.25, 0.3) is 0 Å². The average molecular weight is 274 g/mol. The number of hydrogen-bond donors (Lipinski definition) is 1. The van der Waals surface area contributed by atoms with Gasteiger partial charge in [-0.05, 0) is 13.8 Å². The lowest BCUT2D eigenvalue weighted by Crippen LogP contribution is -2.03. The summed E-state index contributed by atoms with van der Waals surface area (Å²) in [5, 5.41) is 3.65. The molecule has 1 N–H and O–H groups in total. The van der Waals surface area contributed by atoms with Crippen LogP contribution < -0.4 is 5.32 Å². The summed E-state index contributed by atoms with van der Waals surface area (Å²) in [6.07, 6.45) is 2.10. The van der Waals surface area contributed by atoms with Crippen LogP contribution in [0, 0.1) is 0 Å². The van der Waals surface area contributed by atoms with Crippen LogP contribution in [-0.4, -0.2) is 16.5 Å². The first-order chi connectivity index (χ1) is 9.15. The molecule has 0 aliphatic heterocycles. The van der Waals surface area contributed by atoms with Gasteiger partial charge in [0.2, 0.25) is 0 Å². The monoisotopic (exact) mass is 273 g/mol. The molecule has 2 aromatic rings. The molecule has 4 heteroatoms. The normalized spacial score (nSPS) is 10.1. The molecule has 0 bridgehead atoms. The Morgan fingerprint density at radius 2 is 1.95 bits per heavy atom. The van der Waals surface area contributed by atoms with Gasteiger partial charge in [-0.25, -0.2) is 9.97 Å². The Hall–Kier alpha value is -1.87. The average Bonchev–Trinajstić information content (AvgIpc) is 2.39. The zero-order valence-corrected chi connectivity index (χ0v) is 11.8. The van der Waals surface area contributed by atoms with Crippen LogP contribution in [0.2, 0.25) is 5.15 Å².